The average Bonchev–Trinajstić information content (AvgIpc) is 2.54. The summed E-state index contributed by atoms with van der Waals surface area (Å²) in [7, 11) is -1.64. The first kappa shape index (κ1) is 14.9. The van der Waals surface area contributed by atoms with E-state index in [1.807, 2.05) is 12.1 Å². The minimum Gasteiger partial charge on any atom is -0.385 e. The Bertz CT molecular complexity index is 607. The van der Waals surface area contributed by atoms with Crippen LogP contribution >= 0.6 is 0 Å². The molecule has 1 aromatic rings. The second kappa shape index (κ2) is 5.97. The first-order chi connectivity index (χ1) is 10.1. The number of nitrogens with zero attached hydrogens (tertiary/aromatic N) is 1. The molecule has 2 aliphatic rings. The number of benzene rings is 1. The Labute approximate surface area is 127 Å². The van der Waals surface area contributed by atoms with Gasteiger partial charge in [0.1, 0.15) is 0 Å². The van der Waals surface area contributed by atoms with E-state index in [1.54, 1.807) is 17.4 Å². The highest BCUT2D eigenvalue weighted by Crippen LogP contribution is 2.29. The van der Waals surface area contributed by atoms with Gasteiger partial charge < -0.3 is 5.32 Å². The average molecular weight is 308 g/mol. The zero-order valence-corrected chi connectivity index (χ0v) is 13.5. The van der Waals surface area contributed by atoms with E-state index in [9.17, 15) is 8.42 Å². The molecular weight excluding hydrogens is 284 g/mol. The van der Waals surface area contributed by atoms with Gasteiger partial charge in [-0.2, -0.15) is 4.31 Å². The first-order valence-electron chi connectivity index (χ1n) is 7.94. The molecule has 0 unspecified atom stereocenters. The maximum atomic E-state index is 12.8. The molecular formula is C16H24N2O2S. The molecule has 3 rings (SSSR count). The van der Waals surface area contributed by atoms with Gasteiger partial charge in [0.15, 0.2) is 0 Å². The lowest BCUT2D eigenvalue weighted by Crippen LogP contribution is -2.38. The van der Waals surface area contributed by atoms with Crippen LogP contribution in [0.15, 0.2) is 23.1 Å². The second-order valence-corrected chi connectivity index (χ2v) is 8.16. The number of anilines is 1. The van der Waals surface area contributed by atoms with Crippen molar-refractivity contribution in [2.45, 2.75) is 55.9 Å². The maximum absolute atomic E-state index is 12.8. The number of aryl methyl sites for hydroxylation is 1. The van der Waals surface area contributed by atoms with Gasteiger partial charge in [0, 0.05) is 25.3 Å². The molecule has 5 heteroatoms. The minimum absolute atomic E-state index is 0.160. The fourth-order valence-electron chi connectivity index (χ4n) is 3.41. The summed E-state index contributed by atoms with van der Waals surface area (Å²) in [5.74, 6) is 0. The summed E-state index contributed by atoms with van der Waals surface area (Å²) in [6.45, 7) is 0.926. The lowest BCUT2D eigenvalue weighted by Gasteiger charge is -2.30. The molecule has 1 fully saturated rings. The summed E-state index contributed by atoms with van der Waals surface area (Å²) in [5, 5.41) is 3.31. The van der Waals surface area contributed by atoms with Gasteiger partial charge in [-0.05, 0) is 43.4 Å². The number of hydrogen-bond acceptors (Lipinski definition) is 3. The van der Waals surface area contributed by atoms with E-state index in [1.165, 1.54) is 12.0 Å². The first-order valence-corrected chi connectivity index (χ1v) is 9.38. The molecule has 1 heterocycles. The zero-order valence-electron chi connectivity index (χ0n) is 12.6. The Morgan fingerprint density at radius 2 is 1.90 bits per heavy atom. The van der Waals surface area contributed by atoms with Crippen molar-refractivity contribution in [3.63, 3.8) is 0 Å². The van der Waals surface area contributed by atoms with Gasteiger partial charge in [-0.25, -0.2) is 8.42 Å². The molecule has 0 atom stereocenters. The van der Waals surface area contributed by atoms with Crippen LogP contribution in [0.5, 0.6) is 0 Å². The third kappa shape index (κ3) is 2.94. The Balaban J connectivity index is 1.86. The van der Waals surface area contributed by atoms with E-state index < -0.39 is 10.0 Å². The topological polar surface area (TPSA) is 49.4 Å². The molecule has 116 valence electrons. The molecule has 0 amide bonds. The quantitative estimate of drug-likeness (QED) is 0.934. The standard InChI is InChI=1S/C16H24N2O2S/c1-18(14-7-3-2-4-8-14)21(19,20)15-10-9-13-6-5-11-17-16(13)12-15/h9-10,12,14,17H,2-8,11H2,1H3. The smallest absolute Gasteiger partial charge is 0.243 e. The van der Waals surface area contributed by atoms with Crippen molar-refractivity contribution in [3.05, 3.63) is 23.8 Å². The van der Waals surface area contributed by atoms with Crippen molar-refractivity contribution >= 4 is 15.7 Å². The third-order valence-electron chi connectivity index (χ3n) is 4.79. The Morgan fingerprint density at radius 3 is 2.67 bits per heavy atom. The largest absolute Gasteiger partial charge is 0.385 e. The van der Waals surface area contributed by atoms with Gasteiger partial charge in [0.05, 0.1) is 4.90 Å². The van der Waals surface area contributed by atoms with E-state index in [2.05, 4.69) is 5.32 Å². The molecule has 1 aliphatic carbocycles. The van der Waals surface area contributed by atoms with Crippen LogP contribution in [0.3, 0.4) is 0 Å². The Hall–Kier alpha value is -1.07. The lowest BCUT2D eigenvalue weighted by molar-refractivity contribution is 0.286. The number of nitrogens with one attached hydrogen (secondary N) is 1. The van der Waals surface area contributed by atoms with E-state index in [-0.39, 0.29) is 6.04 Å². The van der Waals surface area contributed by atoms with Gasteiger partial charge in [-0.15, -0.1) is 0 Å². The predicted octanol–water partition coefficient (Wildman–Crippen LogP) is 3.00. The summed E-state index contributed by atoms with van der Waals surface area (Å²) < 4.78 is 27.2. The normalized spacial score (nSPS) is 20.1. The Kier molecular flexibility index (Phi) is 4.22. The fraction of sp³-hybridized carbons (Fsp3) is 0.625. The number of fused-ring (bicyclic) bond motifs is 1. The maximum Gasteiger partial charge on any atom is 0.243 e. The van der Waals surface area contributed by atoms with E-state index in [4.69, 9.17) is 0 Å². The molecule has 0 bridgehead atoms. The molecule has 0 saturated heterocycles. The molecule has 0 aromatic heterocycles. The monoisotopic (exact) mass is 308 g/mol. The van der Waals surface area contributed by atoms with Gasteiger partial charge in [-0.3, -0.25) is 0 Å². The summed E-state index contributed by atoms with van der Waals surface area (Å²) in [6.07, 6.45) is 7.61. The van der Waals surface area contributed by atoms with Crippen LogP contribution in [0.1, 0.15) is 44.1 Å². The van der Waals surface area contributed by atoms with E-state index in [0.29, 0.717) is 4.90 Å². The molecule has 1 aromatic carbocycles. The number of hydrogen-bond donors (Lipinski definition) is 1. The summed E-state index contributed by atoms with van der Waals surface area (Å²) in [5.41, 5.74) is 2.21. The molecule has 0 radical (unpaired) electrons. The highest BCUT2D eigenvalue weighted by atomic mass is 32.2. The highest BCUT2D eigenvalue weighted by Gasteiger charge is 2.29. The van der Waals surface area contributed by atoms with Crippen LogP contribution < -0.4 is 5.32 Å². The zero-order chi connectivity index (χ0) is 14.9. The van der Waals surface area contributed by atoms with Crippen molar-refractivity contribution in [1.29, 1.82) is 0 Å². The lowest BCUT2D eigenvalue weighted by atomic mass is 9.96. The second-order valence-electron chi connectivity index (χ2n) is 6.16. The van der Waals surface area contributed by atoms with Crippen LogP contribution in [0.2, 0.25) is 0 Å². The molecule has 1 saturated carbocycles. The number of rotatable bonds is 3. The summed E-state index contributed by atoms with van der Waals surface area (Å²) in [6, 6.07) is 5.69. The molecule has 4 nitrogen and oxygen atoms in total. The summed E-state index contributed by atoms with van der Waals surface area (Å²) >= 11 is 0. The van der Waals surface area contributed by atoms with Crippen LogP contribution in [-0.4, -0.2) is 32.4 Å². The van der Waals surface area contributed by atoms with E-state index in [0.717, 1.165) is 50.8 Å². The van der Waals surface area contributed by atoms with Gasteiger partial charge in [-0.1, -0.05) is 25.3 Å². The van der Waals surface area contributed by atoms with Crippen LogP contribution in [0, 0.1) is 0 Å². The van der Waals surface area contributed by atoms with Gasteiger partial charge in [0.2, 0.25) is 10.0 Å². The van der Waals surface area contributed by atoms with Crippen molar-refractivity contribution in [3.8, 4) is 0 Å². The molecule has 1 N–H and O–H groups in total. The molecule has 1 aliphatic heterocycles. The SMILES string of the molecule is CN(C1CCCCC1)S(=O)(=O)c1ccc2c(c1)NCCC2. The minimum atomic E-state index is -3.38. The Morgan fingerprint density at radius 1 is 1.14 bits per heavy atom. The van der Waals surface area contributed by atoms with Crippen LogP contribution in [-0.2, 0) is 16.4 Å². The summed E-state index contributed by atoms with van der Waals surface area (Å²) in [4.78, 5) is 0.420. The third-order valence-corrected chi connectivity index (χ3v) is 6.69. The predicted molar refractivity (Wildman–Crippen MR) is 85.1 cm³/mol. The van der Waals surface area contributed by atoms with Crippen molar-refractivity contribution in [2.75, 3.05) is 18.9 Å². The van der Waals surface area contributed by atoms with Crippen molar-refractivity contribution < 1.29 is 8.42 Å². The van der Waals surface area contributed by atoms with Crippen LogP contribution in [0.4, 0.5) is 5.69 Å². The van der Waals surface area contributed by atoms with Crippen molar-refractivity contribution in [1.82, 2.24) is 4.31 Å². The van der Waals surface area contributed by atoms with Gasteiger partial charge >= 0.3 is 0 Å². The highest BCUT2D eigenvalue weighted by molar-refractivity contribution is 7.89. The van der Waals surface area contributed by atoms with Crippen LogP contribution in [0.25, 0.3) is 0 Å². The van der Waals surface area contributed by atoms with Gasteiger partial charge in [0.25, 0.3) is 0 Å². The molecule has 21 heavy (non-hydrogen) atoms. The van der Waals surface area contributed by atoms with Crippen molar-refractivity contribution in [2.24, 2.45) is 0 Å². The molecule has 0 spiro atoms. The number of sulfonamides is 1. The van der Waals surface area contributed by atoms with E-state index >= 15 is 0 Å². The fourth-order valence-corrected chi connectivity index (χ4v) is 4.85.